The highest BCUT2D eigenvalue weighted by Gasteiger charge is 2.32. The fraction of sp³-hybridized carbons (Fsp3) is 0.375. The number of carbonyl (C=O) groups is 1. The minimum atomic E-state index is -1.09. The van der Waals surface area contributed by atoms with Crippen molar-refractivity contribution in [2.24, 2.45) is 11.8 Å². The van der Waals surface area contributed by atoms with Crippen molar-refractivity contribution in [3.05, 3.63) is 77.9 Å². The molecule has 1 aromatic heterocycles. The molecule has 1 aliphatic carbocycles. The fourth-order valence-electron chi connectivity index (χ4n) is 5.52. The highest BCUT2D eigenvalue weighted by Crippen LogP contribution is 2.37. The number of Topliss-reactive ketones (excluding diaryl/α,β-unsaturated/α-hetero) is 1. The molecule has 1 aliphatic rings. The number of rotatable bonds is 8. The van der Waals surface area contributed by atoms with Crippen LogP contribution in [0.2, 0.25) is 25.7 Å². The third kappa shape index (κ3) is 6.21. The van der Waals surface area contributed by atoms with Gasteiger partial charge in [-0.1, -0.05) is 87.4 Å². The first kappa shape index (κ1) is 25.5. The zero-order valence-corrected chi connectivity index (χ0v) is 23.5. The topological polar surface area (TPSA) is 55.1 Å². The minimum Gasteiger partial charge on any atom is -0.423 e. The van der Waals surface area contributed by atoms with Crippen LogP contribution in [-0.2, 0) is 0 Å². The van der Waals surface area contributed by atoms with Crippen LogP contribution in [0.4, 0.5) is 11.7 Å². The molecule has 0 bridgehead atoms. The number of aromatic nitrogens is 1. The van der Waals surface area contributed by atoms with E-state index in [4.69, 9.17) is 4.42 Å². The zero-order valence-electron chi connectivity index (χ0n) is 22.5. The van der Waals surface area contributed by atoms with Crippen LogP contribution in [0, 0.1) is 18.8 Å². The Morgan fingerprint density at radius 1 is 0.946 bits per heavy atom. The molecule has 0 radical (unpaired) electrons. The molecular formula is C32H38N2O2Si. The number of nitrogens with one attached hydrogen (secondary N) is 1. The predicted molar refractivity (Wildman–Crippen MR) is 156 cm³/mol. The molecule has 0 aliphatic heterocycles. The Labute approximate surface area is 221 Å². The molecule has 0 unspecified atom stereocenters. The highest BCUT2D eigenvalue weighted by atomic mass is 28.3. The van der Waals surface area contributed by atoms with Gasteiger partial charge in [0.1, 0.15) is 5.52 Å². The second-order valence-electron chi connectivity index (χ2n) is 11.9. The van der Waals surface area contributed by atoms with Crippen molar-refractivity contribution >= 4 is 36.7 Å². The molecule has 1 N–H and O–H groups in total. The van der Waals surface area contributed by atoms with Gasteiger partial charge in [-0.25, -0.2) is 0 Å². The normalized spacial score (nSPS) is 18.2. The Morgan fingerprint density at radius 2 is 1.62 bits per heavy atom. The lowest BCUT2D eigenvalue weighted by molar-refractivity contribution is 0.0820. The number of nitrogens with zero attached hydrogens (tertiary/aromatic N) is 1. The average Bonchev–Trinajstić information content (AvgIpc) is 3.28. The monoisotopic (exact) mass is 510 g/mol. The maximum Gasteiger partial charge on any atom is 0.300 e. The number of carbonyl (C=O) groups excluding carboxylic acids is 1. The summed E-state index contributed by atoms with van der Waals surface area (Å²) in [6.07, 6.45) is 5.93. The van der Waals surface area contributed by atoms with Crippen molar-refractivity contribution in [2.45, 2.75) is 64.7 Å². The second-order valence-corrected chi connectivity index (χ2v) is 17.5. The van der Waals surface area contributed by atoms with E-state index in [1.54, 1.807) is 0 Å². The van der Waals surface area contributed by atoms with E-state index in [1.807, 2.05) is 49.4 Å². The van der Waals surface area contributed by atoms with Gasteiger partial charge in [-0.3, -0.25) is 4.79 Å². The lowest BCUT2D eigenvalue weighted by Gasteiger charge is -2.32. The number of benzene rings is 3. The van der Waals surface area contributed by atoms with Crippen LogP contribution in [0.25, 0.3) is 22.2 Å². The molecular weight excluding hydrogens is 472 g/mol. The Morgan fingerprint density at radius 3 is 2.32 bits per heavy atom. The van der Waals surface area contributed by atoms with Crippen molar-refractivity contribution < 1.29 is 9.21 Å². The van der Waals surface area contributed by atoms with Crippen molar-refractivity contribution in [2.75, 3.05) is 5.32 Å². The highest BCUT2D eigenvalue weighted by molar-refractivity contribution is 6.76. The number of aryl methyl sites for hydroxylation is 1. The summed E-state index contributed by atoms with van der Waals surface area (Å²) in [6, 6.07) is 24.2. The first-order valence-corrected chi connectivity index (χ1v) is 17.3. The van der Waals surface area contributed by atoms with Crippen LogP contribution in [-0.4, -0.2) is 18.8 Å². The van der Waals surface area contributed by atoms with Crippen molar-refractivity contribution in [3.63, 3.8) is 0 Å². The van der Waals surface area contributed by atoms with Gasteiger partial charge in [-0.05, 0) is 66.6 Å². The maximum absolute atomic E-state index is 13.5. The van der Waals surface area contributed by atoms with E-state index in [0.717, 1.165) is 45.5 Å². The fourth-order valence-corrected chi connectivity index (χ4v) is 6.76. The third-order valence-electron chi connectivity index (χ3n) is 7.69. The molecule has 2 atom stereocenters. The van der Waals surface area contributed by atoms with Crippen molar-refractivity contribution in [1.29, 1.82) is 0 Å². The molecule has 37 heavy (non-hydrogen) atoms. The van der Waals surface area contributed by atoms with Gasteiger partial charge in [-0.15, -0.1) is 0 Å². The smallest absolute Gasteiger partial charge is 0.300 e. The summed E-state index contributed by atoms with van der Waals surface area (Å²) in [7, 11) is -1.09. The number of hydrogen-bond donors (Lipinski definition) is 1. The van der Waals surface area contributed by atoms with E-state index >= 15 is 0 Å². The molecule has 0 saturated heterocycles. The molecule has 1 saturated carbocycles. The summed E-state index contributed by atoms with van der Waals surface area (Å²) in [4.78, 5) is 18.0. The molecule has 5 heteroatoms. The largest absolute Gasteiger partial charge is 0.423 e. The molecule has 0 amide bonds. The number of oxazole rings is 1. The van der Waals surface area contributed by atoms with Crippen molar-refractivity contribution in [1.82, 2.24) is 4.98 Å². The van der Waals surface area contributed by atoms with Crippen LogP contribution in [0.3, 0.4) is 0 Å². The molecule has 4 nitrogen and oxygen atoms in total. The third-order valence-corrected chi connectivity index (χ3v) is 9.48. The van der Waals surface area contributed by atoms with Crippen LogP contribution in [0.5, 0.6) is 0 Å². The summed E-state index contributed by atoms with van der Waals surface area (Å²) in [6.45, 7) is 9.35. The maximum atomic E-state index is 13.5. The summed E-state index contributed by atoms with van der Waals surface area (Å²) >= 11 is 0. The van der Waals surface area contributed by atoms with Crippen molar-refractivity contribution in [3.8, 4) is 11.1 Å². The quantitative estimate of drug-likeness (QED) is 0.189. The molecule has 192 valence electrons. The Bertz CT molecular complexity index is 1370. The van der Waals surface area contributed by atoms with Gasteiger partial charge >= 0.3 is 0 Å². The van der Waals surface area contributed by atoms with E-state index in [0.29, 0.717) is 17.7 Å². The minimum absolute atomic E-state index is 0.192. The van der Waals surface area contributed by atoms with Gasteiger partial charge in [0, 0.05) is 25.2 Å². The van der Waals surface area contributed by atoms with Gasteiger partial charge in [0.25, 0.3) is 6.01 Å². The molecule has 1 heterocycles. The summed E-state index contributed by atoms with van der Waals surface area (Å²) in [5.41, 5.74) is 6.78. The standard InChI is InChI=1S/C32H38N2O2Si/c1-22-9-18-30-29(21-22)34-32(36-30)33-27-16-14-24(15-17-27)23-10-12-26(13-11-23)31(35)28-8-6-5-7-25(28)19-20-37(2,3)4/h9-18,21,25,28H,5-8,19-20H2,1-4H3,(H,33,34)/t25-,28+/m0/s1. The van der Waals surface area contributed by atoms with E-state index in [1.165, 1.54) is 31.7 Å². The first-order valence-electron chi connectivity index (χ1n) is 13.6. The molecule has 5 rings (SSSR count). The number of fused-ring (bicyclic) bond motifs is 1. The van der Waals surface area contributed by atoms with Crippen LogP contribution in [0.15, 0.2) is 71.1 Å². The second kappa shape index (κ2) is 10.7. The lowest BCUT2D eigenvalue weighted by Crippen LogP contribution is -2.30. The van der Waals surface area contributed by atoms with E-state index in [-0.39, 0.29) is 5.92 Å². The Kier molecular flexibility index (Phi) is 7.34. The average molecular weight is 511 g/mol. The van der Waals surface area contributed by atoms with Crippen LogP contribution >= 0.6 is 0 Å². The summed E-state index contributed by atoms with van der Waals surface area (Å²) < 4.78 is 5.81. The molecule has 3 aromatic carbocycles. The number of anilines is 2. The van der Waals surface area contributed by atoms with Crippen LogP contribution < -0.4 is 5.32 Å². The molecule has 4 aromatic rings. The predicted octanol–water partition coefficient (Wildman–Crippen LogP) is 9.26. The summed E-state index contributed by atoms with van der Waals surface area (Å²) in [5.74, 6) is 1.09. The van der Waals surface area contributed by atoms with Gasteiger partial charge < -0.3 is 9.73 Å². The van der Waals surface area contributed by atoms with Gasteiger partial charge in [0.15, 0.2) is 11.4 Å². The Balaban J connectivity index is 1.25. The summed E-state index contributed by atoms with van der Waals surface area (Å²) in [5, 5.41) is 3.26. The van der Waals surface area contributed by atoms with E-state index in [9.17, 15) is 4.79 Å². The number of hydrogen-bond acceptors (Lipinski definition) is 4. The van der Waals surface area contributed by atoms with E-state index in [2.05, 4.69) is 54.2 Å². The first-order chi connectivity index (χ1) is 17.7. The van der Waals surface area contributed by atoms with E-state index < -0.39 is 8.07 Å². The Hall–Kier alpha value is -3.18. The SMILES string of the molecule is Cc1ccc2oc(Nc3ccc(-c4ccc(C(=O)[C@@H]5CCCC[C@H]5CC[Si](C)(C)C)cc4)cc3)nc2c1. The molecule has 1 fully saturated rings. The van der Waals surface area contributed by atoms with Crippen LogP contribution in [0.1, 0.15) is 48.0 Å². The molecule has 0 spiro atoms. The zero-order chi connectivity index (χ0) is 26.0. The van der Waals surface area contributed by atoms with Gasteiger partial charge in [-0.2, -0.15) is 4.98 Å². The van der Waals surface area contributed by atoms with Gasteiger partial charge in [0.05, 0.1) is 0 Å². The number of ketones is 1. The van der Waals surface area contributed by atoms with Gasteiger partial charge in [0.2, 0.25) is 0 Å². The lowest BCUT2D eigenvalue weighted by atomic mass is 9.74.